The maximum atomic E-state index is 12.2. The highest BCUT2D eigenvalue weighted by Crippen LogP contribution is 2.26. The molecule has 0 unspecified atom stereocenters. The molecule has 9 heteroatoms. The zero-order chi connectivity index (χ0) is 18.4. The SMILES string of the molecule is Cn1nc(CNC(=O)CN2C(=O)NC(=O)C2(C)C)c2c(Cl)cccc21. The molecule has 0 spiro atoms. The number of nitrogens with one attached hydrogen (secondary N) is 2. The summed E-state index contributed by atoms with van der Waals surface area (Å²) in [6, 6.07) is 4.92. The second-order valence-electron chi connectivity index (χ2n) is 6.39. The summed E-state index contributed by atoms with van der Waals surface area (Å²) in [5, 5.41) is 10.6. The summed E-state index contributed by atoms with van der Waals surface area (Å²) in [5.41, 5.74) is 0.440. The number of rotatable bonds is 4. The van der Waals surface area contributed by atoms with Crippen molar-refractivity contribution in [1.82, 2.24) is 25.3 Å². The van der Waals surface area contributed by atoms with E-state index in [1.165, 1.54) is 4.90 Å². The largest absolute Gasteiger partial charge is 0.349 e. The minimum atomic E-state index is -1.06. The van der Waals surface area contributed by atoms with E-state index in [9.17, 15) is 14.4 Å². The topological polar surface area (TPSA) is 96.3 Å². The van der Waals surface area contributed by atoms with Crippen LogP contribution >= 0.6 is 11.6 Å². The number of carbonyl (C=O) groups is 3. The van der Waals surface area contributed by atoms with Crippen LogP contribution in [-0.4, -0.2) is 44.6 Å². The number of aromatic nitrogens is 2. The third-order valence-electron chi connectivity index (χ3n) is 4.35. The number of halogens is 1. The average Bonchev–Trinajstić information content (AvgIpc) is 2.96. The van der Waals surface area contributed by atoms with Gasteiger partial charge in [0.05, 0.1) is 22.8 Å². The molecule has 0 aliphatic carbocycles. The fraction of sp³-hybridized carbons (Fsp3) is 0.375. The molecule has 8 nitrogen and oxygen atoms in total. The maximum absolute atomic E-state index is 12.2. The van der Waals surface area contributed by atoms with Gasteiger partial charge in [-0.25, -0.2) is 4.79 Å². The minimum Gasteiger partial charge on any atom is -0.349 e. The minimum absolute atomic E-state index is 0.170. The third kappa shape index (κ3) is 2.93. The fourth-order valence-corrected chi connectivity index (χ4v) is 3.10. The molecule has 0 atom stereocenters. The number of carbonyl (C=O) groups excluding carboxylic acids is 3. The summed E-state index contributed by atoms with van der Waals surface area (Å²) in [6.45, 7) is 3.13. The maximum Gasteiger partial charge on any atom is 0.325 e. The molecule has 132 valence electrons. The summed E-state index contributed by atoms with van der Waals surface area (Å²) in [4.78, 5) is 37.0. The predicted octanol–water partition coefficient (Wildman–Crippen LogP) is 1.17. The van der Waals surface area contributed by atoms with E-state index >= 15 is 0 Å². The zero-order valence-electron chi connectivity index (χ0n) is 14.1. The molecule has 1 saturated heterocycles. The van der Waals surface area contributed by atoms with Crippen LogP contribution in [0.3, 0.4) is 0 Å². The van der Waals surface area contributed by atoms with Gasteiger partial charge < -0.3 is 10.2 Å². The molecule has 2 N–H and O–H groups in total. The number of imide groups is 1. The van der Waals surface area contributed by atoms with E-state index in [4.69, 9.17) is 11.6 Å². The van der Waals surface area contributed by atoms with Crippen LogP contribution < -0.4 is 10.6 Å². The number of amides is 4. The Morgan fingerprint density at radius 2 is 2.08 bits per heavy atom. The van der Waals surface area contributed by atoms with Crippen LogP contribution in [0.5, 0.6) is 0 Å². The Labute approximate surface area is 149 Å². The van der Waals surface area contributed by atoms with Crippen LogP contribution in [0.2, 0.25) is 5.02 Å². The molecule has 1 aromatic carbocycles. The molecule has 2 aromatic rings. The van der Waals surface area contributed by atoms with Crippen molar-refractivity contribution in [2.45, 2.75) is 25.9 Å². The van der Waals surface area contributed by atoms with Gasteiger partial charge in [-0.15, -0.1) is 0 Å². The average molecular weight is 364 g/mol. The van der Waals surface area contributed by atoms with Crippen molar-refractivity contribution >= 4 is 40.3 Å². The normalized spacial score (nSPS) is 16.4. The van der Waals surface area contributed by atoms with Gasteiger partial charge in [0.2, 0.25) is 5.91 Å². The quantitative estimate of drug-likeness (QED) is 0.797. The van der Waals surface area contributed by atoms with Crippen molar-refractivity contribution in [3.05, 3.63) is 28.9 Å². The second-order valence-corrected chi connectivity index (χ2v) is 6.79. The van der Waals surface area contributed by atoms with Crippen LogP contribution in [0.15, 0.2) is 18.2 Å². The van der Waals surface area contributed by atoms with Crippen LogP contribution in [0, 0.1) is 0 Å². The van der Waals surface area contributed by atoms with E-state index in [-0.39, 0.29) is 19.0 Å². The molecule has 4 amide bonds. The molecular weight excluding hydrogens is 346 g/mol. The van der Waals surface area contributed by atoms with Gasteiger partial charge in [-0.05, 0) is 26.0 Å². The monoisotopic (exact) mass is 363 g/mol. The summed E-state index contributed by atoms with van der Waals surface area (Å²) >= 11 is 6.24. The van der Waals surface area contributed by atoms with Gasteiger partial charge >= 0.3 is 6.03 Å². The first-order valence-electron chi connectivity index (χ1n) is 7.71. The summed E-state index contributed by atoms with van der Waals surface area (Å²) in [7, 11) is 1.80. The van der Waals surface area contributed by atoms with E-state index in [0.29, 0.717) is 10.7 Å². The molecule has 0 radical (unpaired) electrons. The van der Waals surface area contributed by atoms with Gasteiger partial charge in [-0.2, -0.15) is 5.10 Å². The third-order valence-corrected chi connectivity index (χ3v) is 4.67. The van der Waals surface area contributed by atoms with Gasteiger partial charge in [0.15, 0.2) is 0 Å². The van der Waals surface area contributed by atoms with E-state index in [2.05, 4.69) is 15.7 Å². The van der Waals surface area contributed by atoms with Crippen molar-refractivity contribution in [2.24, 2.45) is 7.05 Å². The van der Waals surface area contributed by atoms with Gasteiger partial charge in [0.25, 0.3) is 5.91 Å². The Hall–Kier alpha value is -2.61. The molecule has 25 heavy (non-hydrogen) atoms. The van der Waals surface area contributed by atoms with Crippen LogP contribution in [0.1, 0.15) is 19.5 Å². The number of nitrogens with zero attached hydrogens (tertiary/aromatic N) is 3. The molecule has 0 saturated carbocycles. The number of urea groups is 1. The summed E-state index contributed by atoms with van der Waals surface area (Å²) in [5.74, 6) is -0.809. The van der Waals surface area contributed by atoms with Crippen molar-refractivity contribution in [3.8, 4) is 0 Å². The lowest BCUT2D eigenvalue weighted by Crippen LogP contribution is -2.48. The Bertz CT molecular complexity index is 889. The molecule has 2 heterocycles. The number of benzene rings is 1. The van der Waals surface area contributed by atoms with Crippen molar-refractivity contribution in [3.63, 3.8) is 0 Å². The highest BCUT2D eigenvalue weighted by atomic mass is 35.5. The molecule has 1 fully saturated rings. The Kier molecular flexibility index (Phi) is 4.16. The molecule has 1 aromatic heterocycles. The first-order valence-corrected chi connectivity index (χ1v) is 8.09. The first-order chi connectivity index (χ1) is 11.7. The van der Waals surface area contributed by atoms with Crippen molar-refractivity contribution in [2.75, 3.05) is 6.54 Å². The number of aryl methyl sites for hydroxylation is 1. The first kappa shape index (κ1) is 17.2. The molecule has 0 bridgehead atoms. The number of hydrogen-bond donors (Lipinski definition) is 2. The smallest absolute Gasteiger partial charge is 0.325 e. The zero-order valence-corrected chi connectivity index (χ0v) is 14.8. The Morgan fingerprint density at radius 1 is 1.36 bits per heavy atom. The van der Waals surface area contributed by atoms with Gasteiger partial charge in [-0.1, -0.05) is 17.7 Å². The summed E-state index contributed by atoms with van der Waals surface area (Å²) < 4.78 is 1.69. The van der Waals surface area contributed by atoms with E-state index in [0.717, 1.165) is 10.9 Å². The number of hydrogen-bond acceptors (Lipinski definition) is 4. The molecule has 1 aliphatic rings. The van der Waals surface area contributed by atoms with E-state index < -0.39 is 17.5 Å². The standard InChI is InChI=1S/C16H18ClN5O3/c1-16(2)14(24)19-15(25)22(16)8-12(23)18-7-10-13-9(17)5-4-6-11(13)21(3)20-10/h4-6H,7-8H2,1-3H3,(H,18,23)(H,19,24,25). The second kappa shape index (κ2) is 6.03. The molecule has 3 rings (SSSR count). The van der Waals surface area contributed by atoms with Gasteiger partial charge in [-0.3, -0.25) is 19.6 Å². The Morgan fingerprint density at radius 3 is 2.72 bits per heavy atom. The Balaban J connectivity index is 1.72. The van der Waals surface area contributed by atoms with Gasteiger partial charge in [0, 0.05) is 12.4 Å². The van der Waals surface area contributed by atoms with E-state index in [1.54, 1.807) is 31.6 Å². The highest BCUT2D eigenvalue weighted by molar-refractivity contribution is 6.35. The lowest BCUT2D eigenvalue weighted by molar-refractivity contribution is -0.127. The molecule has 1 aliphatic heterocycles. The lowest BCUT2D eigenvalue weighted by Gasteiger charge is -2.27. The van der Waals surface area contributed by atoms with Crippen LogP contribution in [0.25, 0.3) is 10.9 Å². The van der Waals surface area contributed by atoms with E-state index in [1.807, 2.05) is 12.1 Å². The highest BCUT2D eigenvalue weighted by Gasteiger charge is 2.46. The fourth-order valence-electron chi connectivity index (χ4n) is 2.82. The van der Waals surface area contributed by atoms with Crippen molar-refractivity contribution < 1.29 is 14.4 Å². The van der Waals surface area contributed by atoms with Crippen molar-refractivity contribution in [1.29, 1.82) is 0 Å². The summed E-state index contributed by atoms with van der Waals surface area (Å²) in [6.07, 6.45) is 0. The van der Waals surface area contributed by atoms with Crippen LogP contribution in [-0.2, 0) is 23.2 Å². The van der Waals surface area contributed by atoms with Crippen LogP contribution in [0.4, 0.5) is 4.79 Å². The molecular formula is C16H18ClN5O3. The number of fused-ring (bicyclic) bond motifs is 1. The van der Waals surface area contributed by atoms with Gasteiger partial charge in [0.1, 0.15) is 12.1 Å². The lowest BCUT2D eigenvalue weighted by atomic mass is 10.0. The predicted molar refractivity (Wildman–Crippen MR) is 91.9 cm³/mol.